The molecule has 1 N–H and O–H groups in total. The molecule has 3 aromatic rings. The van der Waals surface area contributed by atoms with Crippen molar-refractivity contribution in [1.29, 1.82) is 0 Å². The number of imide groups is 1. The minimum atomic E-state index is -0.620. The highest BCUT2D eigenvalue weighted by Crippen LogP contribution is 2.38. The van der Waals surface area contributed by atoms with Gasteiger partial charge in [-0.05, 0) is 50.1 Å². The average Bonchev–Trinajstić information content (AvgIpc) is 3.32. The maximum absolute atomic E-state index is 12.0. The lowest BCUT2D eigenvalue weighted by molar-refractivity contribution is -0.126. The lowest BCUT2D eigenvalue weighted by Gasteiger charge is -2.37. The van der Waals surface area contributed by atoms with Gasteiger partial charge < -0.3 is 14.8 Å². The number of fused-ring (bicyclic) bond motifs is 1. The van der Waals surface area contributed by atoms with E-state index in [-0.39, 0.29) is 30.8 Å². The first kappa shape index (κ1) is 23.2. The van der Waals surface area contributed by atoms with Crippen LogP contribution in [0.15, 0.2) is 24.5 Å². The molecule has 4 heterocycles. The molecule has 0 saturated carbocycles. The van der Waals surface area contributed by atoms with Gasteiger partial charge in [-0.2, -0.15) is 0 Å². The van der Waals surface area contributed by atoms with Crippen LogP contribution in [0.1, 0.15) is 29.9 Å². The number of nitrogens with one attached hydrogen (secondary N) is 1. The molecule has 0 spiro atoms. The number of hydrogen-bond donors (Lipinski definition) is 1. The average molecular weight is 501 g/mol. The van der Waals surface area contributed by atoms with Gasteiger partial charge in [-0.3, -0.25) is 4.79 Å². The first-order valence-corrected chi connectivity index (χ1v) is 12.3. The summed E-state index contributed by atoms with van der Waals surface area (Å²) in [6.07, 6.45) is 1.65. The van der Waals surface area contributed by atoms with Crippen LogP contribution < -0.4 is 5.32 Å². The van der Waals surface area contributed by atoms with E-state index in [9.17, 15) is 9.59 Å². The molecule has 2 aliphatic rings. The van der Waals surface area contributed by atoms with Gasteiger partial charge in [-0.1, -0.05) is 11.6 Å². The molecule has 0 bridgehead atoms. The zero-order valence-electron chi connectivity index (χ0n) is 19.2. The van der Waals surface area contributed by atoms with Crippen molar-refractivity contribution >= 4 is 45.2 Å². The van der Waals surface area contributed by atoms with Crippen molar-refractivity contribution in [2.45, 2.75) is 45.4 Å². The summed E-state index contributed by atoms with van der Waals surface area (Å²) in [6, 6.07) is 5.79. The zero-order chi connectivity index (χ0) is 24.0. The maximum atomic E-state index is 12.0. The van der Waals surface area contributed by atoms with Gasteiger partial charge in [-0.15, -0.1) is 11.3 Å². The van der Waals surface area contributed by atoms with Crippen molar-refractivity contribution in [3.63, 3.8) is 0 Å². The minimum Gasteiger partial charge on any atom is -0.439 e. The van der Waals surface area contributed by atoms with Gasteiger partial charge in [-0.25, -0.2) is 19.7 Å². The monoisotopic (exact) mass is 500 g/mol. The predicted molar refractivity (Wildman–Crippen MR) is 130 cm³/mol. The van der Waals surface area contributed by atoms with Crippen LogP contribution in [0.3, 0.4) is 0 Å². The smallest absolute Gasteiger partial charge is 0.417 e. The number of carbonyl (C=O) groups is 2. The Balaban J connectivity index is 1.53. The second-order valence-electron chi connectivity index (χ2n) is 9.27. The molecule has 2 fully saturated rings. The van der Waals surface area contributed by atoms with E-state index in [1.165, 1.54) is 17.7 Å². The molecule has 8 nitrogen and oxygen atoms in total. The van der Waals surface area contributed by atoms with Crippen molar-refractivity contribution in [3.05, 3.63) is 45.6 Å². The summed E-state index contributed by atoms with van der Waals surface area (Å²) < 4.78 is 12.0. The molecule has 10 heteroatoms. The van der Waals surface area contributed by atoms with Gasteiger partial charge in [0.15, 0.2) is 6.61 Å². The second-order valence-corrected chi connectivity index (χ2v) is 10.8. The molecule has 1 unspecified atom stereocenters. The highest BCUT2D eigenvalue weighted by molar-refractivity contribution is 7.19. The van der Waals surface area contributed by atoms with Crippen molar-refractivity contribution < 1.29 is 19.1 Å². The van der Waals surface area contributed by atoms with Crippen molar-refractivity contribution in [3.8, 4) is 11.3 Å². The Morgan fingerprint density at radius 3 is 2.82 bits per heavy atom. The lowest BCUT2D eigenvalue weighted by Crippen LogP contribution is -2.51. The highest BCUT2D eigenvalue weighted by Gasteiger charge is 2.32. The van der Waals surface area contributed by atoms with Gasteiger partial charge in [0, 0.05) is 35.0 Å². The molecule has 0 aliphatic carbocycles. The number of benzene rings is 1. The van der Waals surface area contributed by atoms with Crippen LogP contribution in [0.4, 0.5) is 4.79 Å². The van der Waals surface area contributed by atoms with Gasteiger partial charge in [0.1, 0.15) is 6.33 Å². The van der Waals surface area contributed by atoms with E-state index in [0.29, 0.717) is 11.4 Å². The summed E-state index contributed by atoms with van der Waals surface area (Å²) in [5, 5.41) is 4.10. The Kier molecular flexibility index (Phi) is 6.05. The molecule has 2 aromatic heterocycles. The lowest BCUT2D eigenvalue weighted by atomic mass is 9.93. The number of aromatic nitrogens is 2. The number of rotatable bonds is 5. The molecule has 2 saturated heterocycles. The largest absolute Gasteiger partial charge is 0.439 e. The third-order valence-electron chi connectivity index (χ3n) is 6.05. The van der Waals surface area contributed by atoms with E-state index in [1.807, 2.05) is 18.2 Å². The highest BCUT2D eigenvalue weighted by atomic mass is 35.5. The minimum absolute atomic E-state index is 0.0193. The Hall–Kier alpha value is -2.59. The first-order chi connectivity index (χ1) is 16.2. The fourth-order valence-corrected chi connectivity index (χ4v) is 5.90. The summed E-state index contributed by atoms with van der Waals surface area (Å²) in [7, 11) is 0. The van der Waals surface area contributed by atoms with Crippen LogP contribution in [-0.2, 0) is 27.2 Å². The number of carbonyl (C=O) groups excluding carboxylic acids is 2. The van der Waals surface area contributed by atoms with Gasteiger partial charge in [0.05, 0.1) is 34.2 Å². The van der Waals surface area contributed by atoms with E-state index in [1.54, 1.807) is 0 Å². The van der Waals surface area contributed by atoms with E-state index >= 15 is 0 Å². The number of morpholine rings is 1. The molecule has 2 aliphatic heterocycles. The molecule has 34 heavy (non-hydrogen) atoms. The van der Waals surface area contributed by atoms with E-state index in [4.69, 9.17) is 21.1 Å². The van der Waals surface area contributed by atoms with Crippen molar-refractivity contribution in [2.24, 2.45) is 0 Å². The second kappa shape index (κ2) is 8.88. The van der Waals surface area contributed by atoms with Crippen LogP contribution in [0, 0.1) is 6.92 Å². The Bertz CT molecular complexity index is 1280. The number of aryl methyl sites for hydroxylation is 1. The normalized spacial score (nSPS) is 20.2. The summed E-state index contributed by atoms with van der Waals surface area (Å²) >= 11 is 7.95. The van der Waals surface area contributed by atoms with Crippen LogP contribution in [0.2, 0.25) is 5.02 Å². The topological polar surface area (TPSA) is 93.7 Å². The Morgan fingerprint density at radius 2 is 2.09 bits per heavy atom. The molecular formula is C24H25ClN4O4S. The number of cyclic esters (lactones) is 1. The standard InChI is InChI=1S/C24H25ClN4O4S/c1-13-4-14(25)5-18(17(13)6-15-8-26-11-24(2,3)33-15)21-22-19(27-12-28-21)7-16(34-22)9-29-20(30)10-32-23(29)31/h4-5,7,12,15,26H,6,8-11H2,1-3H3. The number of amides is 2. The van der Waals surface area contributed by atoms with Crippen molar-refractivity contribution in [2.75, 3.05) is 19.7 Å². The van der Waals surface area contributed by atoms with E-state index < -0.39 is 6.09 Å². The number of nitrogens with zero attached hydrogens (tertiary/aromatic N) is 3. The molecule has 1 aromatic carbocycles. The summed E-state index contributed by atoms with van der Waals surface area (Å²) in [6.45, 7) is 7.74. The SMILES string of the molecule is Cc1cc(Cl)cc(-c2ncnc3cc(CN4C(=O)COC4=O)sc23)c1CC1CNCC(C)(C)O1. The van der Waals surface area contributed by atoms with Crippen LogP contribution in [-0.4, -0.2) is 58.3 Å². The van der Waals surface area contributed by atoms with Crippen LogP contribution >= 0.6 is 22.9 Å². The van der Waals surface area contributed by atoms with Gasteiger partial charge >= 0.3 is 6.09 Å². The number of ether oxygens (including phenoxy) is 2. The molecule has 2 amide bonds. The van der Waals surface area contributed by atoms with Gasteiger partial charge in [0.25, 0.3) is 5.91 Å². The van der Waals surface area contributed by atoms with Gasteiger partial charge in [0.2, 0.25) is 0 Å². The fraction of sp³-hybridized carbons (Fsp3) is 0.417. The summed E-state index contributed by atoms with van der Waals surface area (Å²) in [5.41, 5.74) is 4.44. The van der Waals surface area contributed by atoms with Crippen LogP contribution in [0.5, 0.6) is 0 Å². The quantitative estimate of drug-likeness (QED) is 0.563. The van der Waals surface area contributed by atoms with E-state index in [2.05, 4.69) is 36.1 Å². The maximum Gasteiger partial charge on any atom is 0.417 e. The molecule has 1 atom stereocenters. The predicted octanol–water partition coefficient (Wildman–Crippen LogP) is 4.11. The zero-order valence-corrected chi connectivity index (χ0v) is 20.8. The summed E-state index contributed by atoms with van der Waals surface area (Å²) in [4.78, 5) is 34.8. The number of thiophene rings is 1. The number of hydrogen-bond acceptors (Lipinski definition) is 8. The molecule has 178 valence electrons. The van der Waals surface area contributed by atoms with Crippen molar-refractivity contribution in [1.82, 2.24) is 20.2 Å². The first-order valence-electron chi connectivity index (χ1n) is 11.1. The summed E-state index contributed by atoms with van der Waals surface area (Å²) in [5.74, 6) is -0.342. The van der Waals surface area contributed by atoms with E-state index in [0.717, 1.165) is 55.5 Å². The molecular weight excluding hydrogens is 476 g/mol. The third kappa shape index (κ3) is 4.53. The Labute approximate surface area is 206 Å². The fourth-order valence-electron chi connectivity index (χ4n) is 4.53. The van der Waals surface area contributed by atoms with Crippen LogP contribution in [0.25, 0.3) is 21.5 Å². The number of halogens is 1. The Morgan fingerprint density at radius 1 is 1.26 bits per heavy atom. The third-order valence-corrected chi connectivity index (χ3v) is 7.38. The molecule has 0 radical (unpaired) electrons. The molecule has 5 rings (SSSR count).